The topological polar surface area (TPSA) is 97.8 Å². The van der Waals surface area contributed by atoms with Gasteiger partial charge in [0.25, 0.3) is 0 Å². The van der Waals surface area contributed by atoms with Crippen molar-refractivity contribution in [2.45, 2.75) is 32.1 Å². The van der Waals surface area contributed by atoms with Gasteiger partial charge in [-0.05, 0) is 41.9 Å². The van der Waals surface area contributed by atoms with Crippen LogP contribution in [0.2, 0.25) is 0 Å². The van der Waals surface area contributed by atoms with E-state index >= 15 is 0 Å². The molecule has 7 heteroatoms. The van der Waals surface area contributed by atoms with Gasteiger partial charge in [0.1, 0.15) is 5.84 Å². The quantitative estimate of drug-likeness (QED) is 0.501. The number of carboxylic acid groups (broad SMARTS) is 1. The lowest BCUT2D eigenvalue weighted by molar-refractivity contribution is -0.145. The standard InChI is InChI=1S/C20H27N5O2/c26-20(27)18(15-3-1-2-4-15)17(19-22-24-25-23-19)11-13-5-7-14(8-6-13)16-9-10-21-12-16/h5-9,15,17-18,21,24-25H,1-4,10-12H2,(H,22,23)(H,26,27)/t17-,18-/m0/s1. The zero-order chi connectivity index (χ0) is 18.6. The van der Waals surface area contributed by atoms with E-state index in [0.29, 0.717) is 12.3 Å². The minimum atomic E-state index is -0.720. The molecule has 0 bridgehead atoms. The summed E-state index contributed by atoms with van der Waals surface area (Å²) in [6, 6.07) is 8.50. The van der Waals surface area contributed by atoms with E-state index in [4.69, 9.17) is 0 Å². The number of aliphatic carboxylic acids is 1. The predicted molar refractivity (Wildman–Crippen MR) is 104 cm³/mol. The maximum Gasteiger partial charge on any atom is 0.307 e. The molecule has 0 saturated heterocycles. The molecule has 27 heavy (non-hydrogen) atoms. The Balaban J connectivity index is 1.56. The minimum absolute atomic E-state index is 0.189. The number of amidine groups is 1. The highest BCUT2D eigenvalue weighted by atomic mass is 16.4. The summed E-state index contributed by atoms with van der Waals surface area (Å²) < 4.78 is 0. The monoisotopic (exact) mass is 369 g/mol. The Bertz CT molecular complexity index is 737. The maximum absolute atomic E-state index is 12.2. The highest BCUT2D eigenvalue weighted by molar-refractivity contribution is 5.89. The van der Waals surface area contributed by atoms with Gasteiger partial charge in [0.2, 0.25) is 0 Å². The van der Waals surface area contributed by atoms with Crippen molar-refractivity contribution in [3.8, 4) is 0 Å². The second-order valence-electron chi connectivity index (χ2n) is 7.64. The van der Waals surface area contributed by atoms with Crippen molar-refractivity contribution >= 4 is 17.4 Å². The Kier molecular flexibility index (Phi) is 5.40. The summed E-state index contributed by atoms with van der Waals surface area (Å²) in [5, 5.41) is 17.6. The fourth-order valence-corrected chi connectivity index (χ4v) is 4.60. The summed E-state index contributed by atoms with van der Waals surface area (Å²) in [5.74, 6) is -0.442. The predicted octanol–water partition coefficient (Wildman–Crippen LogP) is 1.65. The third kappa shape index (κ3) is 3.99. The summed E-state index contributed by atoms with van der Waals surface area (Å²) in [7, 11) is 0. The van der Waals surface area contributed by atoms with E-state index in [1.807, 2.05) is 0 Å². The van der Waals surface area contributed by atoms with Crippen LogP contribution in [0.1, 0.15) is 36.8 Å². The Labute approximate surface area is 159 Å². The summed E-state index contributed by atoms with van der Waals surface area (Å²) in [5.41, 5.74) is 12.1. The Hall–Kier alpha value is -2.38. The summed E-state index contributed by atoms with van der Waals surface area (Å²) in [6.45, 7) is 1.83. The lowest BCUT2D eigenvalue weighted by atomic mass is 9.77. The third-order valence-corrected chi connectivity index (χ3v) is 5.99. The number of carbonyl (C=O) groups is 1. The van der Waals surface area contributed by atoms with Crippen molar-refractivity contribution < 1.29 is 9.90 Å². The Morgan fingerprint density at radius 3 is 2.59 bits per heavy atom. The molecule has 2 atom stereocenters. The molecule has 0 spiro atoms. The van der Waals surface area contributed by atoms with Crippen LogP contribution in [0.25, 0.3) is 5.57 Å². The van der Waals surface area contributed by atoms with Gasteiger partial charge < -0.3 is 10.4 Å². The van der Waals surface area contributed by atoms with Crippen molar-refractivity contribution in [1.29, 1.82) is 0 Å². The fraction of sp³-hybridized carbons (Fsp3) is 0.500. The maximum atomic E-state index is 12.2. The molecule has 1 saturated carbocycles. The zero-order valence-electron chi connectivity index (χ0n) is 15.4. The van der Waals surface area contributed by atoms with Crippen LogP contribution in [0.4, 0.5) is 0 Å². The molecule has 0 radical (unpaired) electrons. The first-order chi connectivity index (χ1) is 13.2. The number of hydrazine groups is 2. The average molecular weight is 369 g/mol. The largest absolute Gasteiger partial charge is 0.481 e. The molecule has 0 amide bonds. The van der Waals surface area contributed by atoms with E-state index in [9.17, 15) is 9.90 Å². The zero-order valence-corrected chi connectivity index (χ0v) is 15.4. The summed E-state index contributed by atoms with van der Waals surface area (Å²) in [4.78, 5) is 12.2. The first kappa shape index (κ1) is 18.0. The van der Waals surface area contributed by atoms with Crippen molar-refractivity contribution in [3.63, 3.8) is 0 Å². The molecule has 1 fully saturated rings. The molecule has 1 aliphatic carbocycles. The minimum Gasteiger partial charge on any atom is -0.481 e. The van der Waals surface area contributed by atoms with Crippen molar-refractivity contribution in [2.75, 3.05) is 13.1 Å². The first-order valence-corrected chi connectivity index (χ1v) is 9.78. The molecule has 0 aromatic heterocycles. The van der Waals surface area contributed by atoms with Crippen molar-refractivity contribution in [3.05, 3.63) is 41.5 Å². The SMILES string of the molecule is O=C(O)[C@@H](C1CCCC1)[C@H](Cc1ccc(C2=CCNC2)cc1)C1=NNNN1. The smallest absolute Gasteiger partial charge is 0.307 e. The number of hydrazone groups is 1. The molecule has 1 aromatic rings. The molecule has 4 rings (SSSR count). The molecule has 3 aliphatic rings. The first-order valence-electron chi connectivity index (χ1n) is 9.78. The molecular formula is C20H27N5O2. The van der Waals surface area contributed by atoms with Gasteiger partial charge in [-0.2, -0.15) is 0 Å². The van der Waals surface area contributed by atoms with Crippen LogP contribution in [0.5, 0.6) is 0 Å². The van der Waals surface area contributed by atoms with Gasteiger partial charge in [0.05, 0.1) is 5.92 Å². The second-order valence-corrected chi connectivity index (χ2v) is 7.64. The highest BCUT2D eigenvalue weighted by Crippen LogP contribution is 2.37. The third-order valence-electron chi connectivity index (χ3n) is 5.99. The van der Waals surface area contributed by atoms with Crippen LogP contribution < -0.4 is 21.8 Å². The molecule has 2 heterocycles. The molecule has 0 unspecified atom stereocenters. The molecule has 5 N–H and O–H groups in total. The van der Waals surface area contributed by atoms with Gasteiger partial charge in [-0.25, -0.2) is 5.53 Å². The van der Waals surface area contributed by atoms with Gasteiger partial charge in [0.15, 0.2) is 0 Å². The number of rotatable bonds is 7. The van der Waals surface area contributed by atoms with Crippen LogP contribution in [0.3, 0.4) is 0 Å². The van der Waals surface area contributed by atoms with Crippen molar-refractivity contribution in [1.82, 2.24) is 21.8 Å². The number of hydrogen-bond donors (Lipinski definition) is 5. The van der Waals surface area contributed by atoms with Gasteiger partial charge in [-0.1, -0.05) is 43.2 Å². The summed E-state index contributed by atoms with van der Waals surface area (Å²) in [6.07, 6.45) is 7.08. The molecule has 144 valence electrons. The van der Waals surface area contributed by atoms with E-state index in [1.165, 1.54) is 11.1 Å². The van der Waals surface area contributed by atoms with E-state index in [-0.39, 0.29) is 11.8 Å². The highest BCUT2D eigenvalue weighted by Gasteiger charge is 2.40. The van der Waals surface area contributed by atoms with Gasteiger partial charge in [0, 0.05) is 19.0 Å². The Morgan fingerprint density at radius 1 is 1.22 bits per heavy atom. The number of nitrogens with one attached hydrogen (secondary N) is 4. The van der Waals surface area contributed by atoms with Crippen LogP contribution >= 0.6 is 0 Å². The normalized spacial score (nSPS) is 21.9. The van der Waals surface area contributed by atoms with E-state index in [2.05, 4.69) is 57.3 Å². The average Bonchev–Trinajstić information content (AvgIpc) is 3.43. The number of carboxylic acids is 1. The van der Waals surface area contributed by atoms with Gasteiger partial charge in [-0.15, -0.1) is 10.6 Å². The Morgan fingerprint density at radius 2 is 2.00 bits per heavy atom. The van der Waals surface area contributed by atoms with E-state index in [0.717, 1.165) is 44.3 Å². The lowest BCUT2D eigenvalue weighted by Gasteiger charge is -2.28. The fourth-order valence-electron chi connectivity index (χ4n) is 4.60. The molecule has 2 aliphatic heterocycles. The van der Waals surface area contributed by atoms with Crippen LogP contribution in [-0.2, 0) is 11.2 Å². The number of hydrogen-bond acceptors (Lipinski definition) is 6. The van der Waals surface area contributed by atoms with E-state index < -0.39 is 11.9 Å². The van der Waals surface area contributed by atoms with E-state index in [1.54, 1.807) is 0 Å². The molecule has 7 nitrogen and oxygen atoms in total. The summed E-state index contributed by atoms with van der Waals surface area (Å²) >= 11 is 0. The second kappa shape index (κ2) is 8.10. The number of nitrogens with zero attached hydrogens (tertiary/aromatic N) is 1. The lowest BCUT2D eigenvalue weighted by Crippen LogP contribution is -2.44. The van der Waals surface area contributed by atoms with Crippen LogP contribution in [0.15, 0.2) is 35.4 Å². The van der Waals surface area contributed by atoms with Crippen molar-refractivity contribution in [2.24, 2.45) is 22.9 Å². The molecular weight excluding hydrogens is 342 g/mol. The van der Waals surface area contributed by atoms with Gasteiger partial charge in [-0.3, -0.25) is 10.2 Å². The van der Waals surface area contributed by atoms with Crippen LogP contribution in [0, 0.1) is 17.8 Å². The molecule has 1 aromatic carbocycles. The number of benzene rings is 1. The van der Waals surface area contributed by atoms with Gasteiger partial charge >= 0.3 is 5.97 Å². The van der Waals surface area contributed by atoms with Crippen LogP contribution in [-0.4, -0.2) is 30.0 Å².